The molecule has 1 amide bonds. The van der Waals surface area contributed by atoms with Gasteiger partial charge in [-0.1, -0.05) is 6.92 Å². The molecule has 1 saturated carbocycles. The number of hydrogen-bond donors (Lipinski definition) is 2. The minimum Gasteiger partial charge on any atom is -0.377 e. The minimum absolute atomic E-state index is 0.0431. The van der Waals surface area contributed by atoms with Crippen LogP contribution in [0, 0.1) is 0 Å². The molecule has 17 heavy (non-hydrogen) atoms. The summed E-state index contributed by atoms with van der Waals surface area (Å²) in [7, 11) is 1.68. The number of ether oxygens (including phenoxy) is 2. The number of carbonyl (C=O) groups excluding carboxylic acids is 1. The van der Waals surface area contributed by atoms with Crippen molar-refractivity contribution in [1.29, 1.82) is 0 Å². The summed E-state index contributed by atoms with van der Waals surface area (Å²) in [6.45, 7) is 5.80. The van der Waals surface area contributed by atoms with Crippen LogP contribution in [0.5, 0.6) is 0 Å². The quantitative estimate of drug-likeness (QED) is 0.644. The Bertz CT molecular complexity index is 236. The molecule has 2 N–H and O–H groups in total. The van der Waals surface area contributed by atoms with Crippen LogP contribution in [-0.2, 0) is 14.3 Å². The standard InChI is InChI=1S/C12H24N2O3/c1-4-6-13-11(15)8-14-9-7-10(17-5-2)12(9)16-3/h9-10,12,14H,4-8H2,1-3H3,(H,13,15). The SMILES string of the molecule is CCCNC(=O)CNC1CC(OCC)C1OC. The fourth-order valence-corrected chi connectivity index (χ4v) is 2.02. The van der Waals surface area contributed by atoms with E-state index in [1.807, 2.05) is 13.8 Å². The molecular formula is C12H24N2O3. The fraction of sp³-hybridized carbons (Fsp3) is 0.917. The molecule has 0 aliphatic heterocycles. The average molecular weight is 244 g/mol. The van der Waals surface area contributed by atoms with Gasteiger partial charge in [-0.15, -0.1) is 0 Å². The van der Waals surface area contributed by atoms with Gasteiger partial charge in [0.1, 0.15) is 0 Å². The number of carbonyl (C=O) groups is 1. The minimum atomic E-state index is 0.0431. The molecule has 1 fully saturated rings. The normalized spacial score (nSPS) is 27.6. The van der Waals surface area contributed by atoms with Crippen molar-refractivity contribution >= 4 is 5.91 Å². The molecule has 0 spiro atoms. The molecule has 1 aliphatic carbocycles. The van der Waals surface area contributed by atoms with Gasteiger partial charge in [0.05, 0.1) is 18.8 Å². The average Bonchev–Trinajstić information content (AvgIpc) is 2.30. The summed E-state index contributed by atoms with van der Waals surface area (Å²) in [5.41, 5.74) is 0. The van der Waals surface area contributed by atoms with Gasteiger partial charge in [0.25, 0.3) is 0 Å². The number of amides is 1. The predicted octanol–water partition coefficient (Wildman–Crippen LogP) is 0.295. The van der Waals surface area contributed by atoms with Crippen LogP contribution >= 0.6 is 0 Å². The highest BCUT2D eigenvalue weighted by Gasteiger charge is 2.41. The van der Waals surface area contributed by atoms with Gasteiger partial charge in [0.15, 0.2) is 0 Å². The first-order chi connectivity index (χ1) is 8.22. The molecule has 0 bridgehead atoms. The van der Waals surface area contributed by atoms with Crippen molar-refractivity contribution in [2.45, 2.75) is 44.9 Å². The van der Waals surface area contributed by atoms with Crippen molar-refractivity contribution < 1.29 is 14.3 Å². The zero-order chi connectivity index (χ0) is 12.7. The van der Waals surface area contributed by atoms with Gasteiger partial charge in [0, 0.05) is 26.3 Å². The van der Waals surface area contributed by atoms with Crippen molar-refractivity contribution in [3.63, 3.8) is 0 Å². The zero-order valence-corrected chi connectivity index (χ0v) is 11.0. The van der Waals surface area contributed by atoms with E-state index in [0.717, 1.165) is 19.4 Å². The van der Waals surface area contributed by atoms with Gasteiger partial charge < -0.3 is 20.1 Å². The summed E-state index contributed by atoms with van der Waals surface area (Å²) >= 11 is 0. The Hall–Kier alpha value is -0.650. The van der Waals surface area contributed by atoms with Crippen LogP contribution in [-0.4, -0.2) is 51.0 Å². The third-order valence-electron chi connectivity index (χ3n) is 3.00. The van der Waals surface area contributed by atoms with E-state index in [0.29, 0.717) is 13.2 Å². The third kappa shape index (κ3) is 4.26. The Morgan fingerprint density at radius 2 is 2.18 bits per heavy atom. The fourth-order valence-electron chi connectivity index (χ4n) is 2.02. The Labute approximate surface area is 103 Å². The molecular weight excluding hydrogens is 220 g/mol. The van der Waals surface area contributed by atoms with Crippen LogP contribution in [0.15, 0.2) is 0 Å². The smallest absolute Gasteiger partial charge is 0.233 e. The van der Waals surface area contributed by atoms with Gasteiger partial charge in [-0.25, -0.2) is 0 Å². The van der Waals surface area contributed by atoms with E-state index in [9.17, 15) is 4.79 Å². The Morgan fingerprint density at radius 1 is 1.41 bits per heavy atom. The number of methoxy groups -OCH3 is 1. The van der Waals surface area contributed by atoms with Crippen molar-refractivity contribution in [3.8, 4) is 0 Å². The number of nitrogens with one attached hydrogen (secondary N) is 2. The molecule has 0 aromatic carbocycles. The van der Waals surface area contributed by atoms with Crippen LogP contribution < -0.4 is 10.6 Å². The summed E-state index contributed by atoms with van der Waals surface area (Å²) < 4.78 is 10.9. The van der Waals surface area contributed by atoms with Crippen molar-refractivity contribution in [1.82, 2.24) is 10.6 Å². The van der Waals surface area contributed by atoms with Gasteiger partial charge in [-0.2, -0.15) is 0 Å². The first kappa shape index (κ1) is 14.4. The highest BCUT2D eigenvalue weighted by molar-refractivity contribution is 5.77. The zero-order valence-electron chi connectivity index (χ0n) is 11.0. The second-order valence-electron chi connectivity index (χ2n) is 4.27. The predicted molar refractivity (Wildman–Crippen MR) is 65.9 cm³/mol. The molecule has 0 heterocycles. The molecule has 0 radical (unpaired) electrons. The Kier molecular flexibility index (Phi) is 6.47. The van der Waals surface area contributed by atoms with Gasteiger partial charge in [-0.05, 0) is 19.8 Å². The second kappa shape index (κ2) is 7.63. The van der Waals surface area contributed by atoms with Crippen molar-refractivity contribution in [3.05, 3.63) is 0 Å². The van der Waals surface area contributed by atoms with Crippen LogP contribution in [0.3, 0.4) is 0 Å². The second-order valence-corrected chi connectivity index (χ2v) is 4.27. The summed E-state index contributed by atoms with van der Waals surface area (Å²) in [5.74, 6) is 0.0431. The van der Waals surface area contributed by atoms with E-state index >= 15 is 0 Å². The number of rotatable bonds is 8. The van der Waals surface area contributed by atoms with Crippen LogP contribution in [0.2, 0.25) is 0 Å². The molecule has 0 aromatic rings. The Balaban J connectivity index is 2.18. The topological polar surface area (TPSA) is 59.6 Å². The third-order valence-corrected chi connectivity index (χ3v) is 3.00. The van der Waals surface area contributed by atoms with E-state index in [-0.39, 0.29) is 24.2 Å². The molecule has 0 aromatic heterocycles. The highest BCUT2D eigenvalue weighted by atomic mass is 16.5. The summed E-state index contributed by atoms with van der Waals surface area (Å²) in [6.07, 6.45) is 2.10. The molecule has 3 atom stereocenters. The maximum atomic E-state index is 11.4. The Morgan fingerprint density at radius 3 is 2.76 bits per heavy atom. The summed E-state index contributed by atoms with van der Waals surface area (Å²) in [6, 6.07) is 0.226. The molecule has 100 valence electrons. The van der Waals surface area contributed by atoms with Gasteiger partial charge >= 0.3 is 0 Å². The molecule has 5 nitrogen and oxygen atoms in total. The lowest BCUT2D eigenvalue weighted by Gasteiger charge is -2.43. The van der Waals surface area contributed by atoms with Crippen LogP contribution in [0.25, 0.3) is 0 Å². The van der Waals surface area contributed by atoms with Gasteiger partial charge in [-0.3, -0.25) is 4.79 Å². The first-order valence-corrected chi connectivity index (χ1v) is 6.37. The molecule has 3 unspecified atom stereocenters. The van der Waals surface area contributed by atoms with E-state index in [1.54, 1.807) is 7.11 Å². The molecule has 1 aliphatic rings. The largest absolute Gasteiger partial charge is 0.377 e. The molecule has 1 rings (SSSR count). The molecule has 0 saturated heterocycles. The maximum absolute atomic E-state index is 11.4. The van der Waals surface area contributed by atoms with E-state index in [4.69, 9.17) is 9.47 Å². The lowest BCUT2D eigenvalue weighted by molar-refractivity contribution is -0.134. The monoisotopic (exact) mass is 244 g/mol. The maximum Gasteiger partial charge on any atom is 0.233 e. The summed E-state index contributed by atoms with van der Waals surface area (Å²) in [4.78, 5) is 11.4. The lowest BCUT2D eigenvalue weighted by atomic mass is 9.85. The summed E-state index contributed by atoms with van der Waals surface area (Å²) in [5, 5.41) is 6.03. The lowest BCUT2D eigenvalue weighted by Crippen LogP contribution is -2.61. The van der Waals surface area contributed by atoms with E-state index in [2.05, 4.69) is 10.6 Å². The number of hydrogen-bond acceptors (Lipinski definition) is 4. The van der Waals surface area contributed by atoms with E-state index in [1.165, 1.54) is 0 Å². The first-order valence-electron chi connectivity index (χ1n) is 6.37. The highest BCUT2D eigenvalue weighted by Crippen LogP contribution is 2.26. The van der Waals surface area contributed by atoms with Crippen LogP contribution in [0.4, 0.5) is 0 Å². The van der Waals surface area contributed by atoms with E-state index < -0.39 is 0 Å². The molecule has 5 heteroatoms. The van der Waals surface area contributed by atoms with Crippen LogP contribution in [0.1, 0.15) is 26.7 Å². The van der Waals surface area contributed by atoms with Crippen molar-refractivity contribution in [2.75, 3.05) is 26.8 Å². The van der Waals surface area contributed by atoms with Gasteiger partial charge in [0.2, 0.25) is 5.91 Å². The van der Waals surface area contributed by atoms with Crippen molar-refractivity contribution in [2.24, 2.45) is 0 Å².